The van der Waals surface area contributed by atoms with Crippen molar-refractivity contribution in [1.82, 2.24) is 0 Å². The van der Waals surface area contributed by atoms with Crippen molar-refractivity contribution in [2.45, 2.75) is 13.3 Å². The Morgan fingerprint density at radius 3 is 2.63 bits per heavy atom. The second-order valence-electron chi connectivity index (χ2n) is 4.71. The van der Waals surface area contributed by atoms with Crippen molar-refractivity contribution in [3.63, 3.8) is 0 Å². The maximum Gasteiger partial charge on any atom is 0.0442 e. The fourth-order valence-corrected chi connectivity index (χ4v) is 2.41. The average Bonchev–Trinajstić information content (AvgIpc) is 2.39. The molecule has 0 aliphatic heterocycles. The number of rotatable bonds is 4. The van der Waals surface area contributed by atoms with Crippen LogP contribution in [0.2, 0.25) is 5.02 Å². The van der Waals surface area contributed by atoms with E-state index in [1.165, 1.54) is 16.8 Å². The van der Waals surface area contributed by atoms with Gasteiger partial charge < -0.3 is 10.6 Å². The summed E-state index contributed by atoms with van der Waals surface area (Å²) in [7, 11) is 2.07. The molecule has 2 rings (SSSR count). The minimum Gasteiger partial charge on any atom is -0.344 e. The van der Waals surface area contributed by atoms with Crippen LogP contribution >= 0.6 is 11.6 Å². The molecule has 0 aliphatic rings. The topological polar surface area (TPSA) is 29.3 Å². The van der Waals surface area contributed by atoms with E-state index in [1.807, 2.05) is 12.1 Å². The Bertz CT molecular complexity index is 566. The number of anilines is 2. The summed E-state index contributed by atoms with van der Waals surface area (Å²) in [6.45, 7) is 2.72. The monoisotopic (exact) mass is 274 g/mol. The zero-order chi connectivity index (χ0) is 13.8. The molecule has 0 saturated carbocycles. The third kappa shape index (κ3) is 3.28. The summed E-state index contributed by atoms with van der Waals surface area (Å²) < 4.78 is 0. The maximum atomic E-state index is 6.07. The fraction of sp³-hybridized carbons (Fsp3) is 0.250. The van der Waals surface area contributed by atoms with Gasteiger partial charge in [0.2, 0.25) is 0 Å². The summed E-state index contributed by atoms with van der Waals surface area (Å²) >= 11 is 6.07. The lowest BCUT2D eigenvalue weighted by Gasteiger charge is -2.23. The number of nitrogens with two attached hydrogens (primary N) is 1. The van der Waals surface area contributed by atoms with Crippen molar-refractivity contribution in [1.29, 1.82) is 0 Å². The van der Waals surface area contributed by atoms with E-state index in [-0.39, 0.29) is 0 Å². The van der Waals surface area contributed by atoms with Crippen molar-refractivity contribution in [3.8, 4) is 0 Å². The molecular weight excluding hydrogens is 256 g/mol. The third-order valence-electron chi connectivity index (χ3n) is 3.21. The summed E-state index contributed by atoms with van der Waals surface area (Å²) in [6, 6.07) is 14.4. The van der Waals surface area contributed by atoms with E-state index in [9.17, 15) is 0 Å². The van der Waals surface area contributed by atoms with Gasteiger partial charge in [0.15, 0.2) is 0 Å². The zero-order valence-corrected chi connectivity index (χ0v) is 12.1. The predicted molar refractivity (Wildman–Crippen MR) is 83.5 cm³/mol. The molecule has 0 radical (unpaired) electrons. The largest absolute Gasteiger partial charge is 0.344 e. The Morgan fingerprint density at radius 1 is 1.16 bits per heavy atom. The van der Waals surface area contributed by atoms with E-state index < -0.39 is 0 Å². The summed E-state index contributed by atoms with van der Waals surface area (Å²) in [5, 5.41) is 0.754. The van der Waals surface area contributed by atoms with Crippen LogP contribution in [0.1, 0.15) is 11.1 Å². The second-order valence-corrected chi connectivity index (χ2v) is 5.15. The highest BCUT2D eigenvalue weighted by atomic mass is 35.5. The molecule has 0 unspecified atom stereocenters. The van der Waals surface area contributed by atoms with Crippen LogP contribution in [0.25, 0.3) is 0 Å². The summed E-state index contributed by atoms with van der Waals surface area (Å²) in [5.41, 5.74) is 10.4. The van der Waals surface area contributed by atoms with Crippen molar-refractivity contribution < 1.29 is 0 Å². The molecule has 0 aliphatic carbocycles. The lowest BCUT2D eigenvalue weighted by atomic mass is 10.1. The number of halogens is 1. The van der Waals surface area contributed by atoms with Gasteiger partial charge in [-0.2, -0.15) is 0 Å². The van der Waals surface area contributed by atoms with Crippen molar-refractivity contribution >= 4 is 23.0 Å². The molecular formula is C16H19ClN2. The smallest absolute Gasteiger partial charge is 0.0442 e. The molecule has 0 fully saturated rings. The Labute approximate surface area is 119 Å². The lowest BCUT2D eigenvalue weighted by molar-refractivity contribution is 0.961. The third-order valence-corrected chi connectivity index (χ3v) is 3.44. The Morgan fingerprint density at radius 2 is 1.95 bits per heavy atom. The van der Waals surface area contributed by atoms with E-state index >= 15 is 0 Å². The zero-order valence-electron chi connectivity index (χ0n) is 11.4. The molecule has 100 valence electrons. The van der Waals surface area contributed by atoms with Crippen molar-refractivity contribution in [2.24, 2.45) is 5.73 Å². The van der Waals surface area contributed by atoms with Gasteiger partial charge in [0.25, 0.3) is 0 Å². The van der Waals surface area contributed by atoms with Crippen LogP contribution in [0, 0.1) is 6.92 Å². The molecule has 0 heterocycles. The van der Waals surface area contributed by atoms with Crippen LogP contribution in [-0.4, -0.2) is 13.6 Å². The molecule has 0 aromatic heterocycles. The van der Waals surface area contributed by atoms with Gasteiger partial charge in [-0.25, -0.2) is 0 Å². The average molecular weight is 275 g/mol. The normalized spacial score (nSPS) is 10.5. The number of hydrogen-bond donors (Lipinski definition) is 1. The standard InChI is InChI=1S/C16H19ClN2/c1-12-4-3-5-15(10-12)19(2)16-7-6-14(17)11-13(16)8-9-18/h3-7,10-11H,8-9,18H2,1-2H3. The van der Waals surface area contributed by atoms with Gasteiger partial charge in [0, 0.05) is 23.4 Å². The quantitative estimate of drug-likeness (QED) is 0.916. The van der Waals surface area contributed by atoms with Crippen LogP contribution in [0.3, 0.4) is 0 Å². The number of benzene rings is 2. The Balaban J connectivity index is 2.40. The molecule has 0 bridgehead atoms. The van der Waals surface area contributed by atoms with E-state index in [4.69, 9.17) is 17.3 Å². The summed E-state index contributed by atoms with van der Waals surface area (Å²) in [6.07, 6.45) is 0.825. The molecule has 2 aromatic rings. The highest BCUT2D eigenvalue weighted by molar-refractivity contribution is 6.30. The first kappa shape index (κ1) is 13.9. The second kappa shape index (κ2) is 6.09. The van der Waals surface area contributed by atoms with Crippen molar-refractivity contribution in [3.05, 3.63) is 58.6 Å². The van der Waals surface area contributed by atoms with Gasteiger partial charge in [0.1, 0.15) is 0 Å². The molecule has 0 spiro atoms. The molecule has 0 amide bonds. The van der Waals surface area contributed by atoms with E-state index in [1.54, 1.807) is 0 Å². The van der Waals surface area contributed by atoms with E-state index in [2.05, 4.69) is 49.2 Å². The Hall–Kier alpha value is -1.51. The molecule has 2 nitrogen and oxygen atoms in total. The molecule has 19 heavy (non-hydrogen) atoms. The highest BCUT2D eigenvalue weighted by Crippen LogP contribution is 2.29. The number of hydrogen-bond acceptors (Lipinski definition) is 2. The summed E-state index contributed by atoms with van der Waals surface area (Å²) in [4.78, 5) is 2.17. The van der Waals surface area contributed by atoms with Crippen LogP contribution in [-0.2, 0) is 6.42 Å². The van der Waals surface area contributed by atoms with Gasteiger partial charge in [-0.15, -0.1) is 0 Å². The molecule has 2 N–H and O–H groups in total. The maximum absolute atomic E-state index is 6.07. The van der Waals surface area contributed by atoms with Crippen LogP contribution in [0.5, 0.6) is 0 Å². The molecule has 3 heteroatoms. The van der Waals surface area contributed by atoms with Gasteiger partial charge in [-0.3, -0.25) is 0 Å². The molecule has 0 saturated heterocycles. The lowest BCUT2D eigenvalue weighted by Crippen LogP contribution is -2.13. The van der Waals surface area contributed by atoms with Gasteiger partial charge in [0.05, 0.1) is 0 Å². The van der Waals surface area contributed by atoms with Crippen LogP contribution < -0.4 is 10.6 Å². The molecule has 2 aromatic carbocycles. The van der Waals surface area contributed by atoms with Crippen LogP contribution in [0.15, 0.2) is 42.5 Å². The number of nitrogens with zero attached hydrogens (tertiary/aromatic N) is 1. The summed E-state index contributed by atoms with van der Waals surface area (Å²) in [5.74, 6) is 0. The first-order valence-electron chi connectivity index (χ1n) is 6.40. The van der Waals surface area contributed by atoms with Gasteiger partial charge in [-0.1, -0.05) is 23.7 Å². The SMILES string of the molecule is Cc1cccc(N(C)c2ccc(Cl)cc2CCN)c1. The van der Waals surface area contributed by atoms with E-state index in [0.29, 0.717) is 6.54 Å². The number of aryl methyl sites for hydroxylation is 1. The van der Waals surface area contributed by atoms with Crippen LogP contribution in [0.4, 0.5) is 11.4 Å². The predicted octanol–water partition coefficient (Wildman–Crippen LogP) is 3.92. The fourth-order valence-electron chi connectivity index (χ4n) is 2.21. The molecule has 0 atom stereocenters. The minimum atomic E-state index is 0.620. The first-order valence-corrected chi connectivity index (χ1v) is 6.78. The highest BCUT2D eigenvalue weighted by Gasteiger charge is 2.09. The van der Waals surface area contributed by atoms with Gasteiger partial charge in [-0.05, 0) is 61.3 Å². The minimum absolute atomic E-state index is 0.620. The first-order chi connectivity index (χ1) is 9.11. The van der Waals surface area contributed by atoms with E-state index in [0.717, 1.165) is 17.1 Å². The van der Waals surface area contributed by atoms with Gasteiger partial charge >= 0.3 is 0 Å². The van der Waals surface area contributed by atoms with Crippen molar-refractivity contribution in [2.75, 3.05) is 18.5 Å². The Kier molecular flexibility index (Phi) is 4.46.